The highest BCUT2D eigenvalue weighted by atomic mass is 16.2. The first kappa shape index (κ1) is 23.5. The van der Waals surface area contributed by atoms with Gasteiger partial charge in [-0.1, -0.05) is 24.3 Å². The quantitative estimate of drug-likeness (QED) is 0.362. The van der Waals surface area contributed by atoms with E-state index in [4.69, 9.17) is 0 Å². The molecule has 9 nitrogen and oxygen atoms in total. The molecule has 33 heavy (non-hydrogen) atoms. The van der Waals surface area contributed by atoms with Crippen LogP contribution in [0.1, 0.15) is 21.5 Å². The molecule has 0 spiro atoms. The lowest BCUT2D eigenvalue weighted by Gasteiger charge is -2.14. The molecule has 0 fully saturated rings. The summed E-state index contributed by atoms with van der Waals surface area (Å²) in [5.41, 5.74) is 3.42. The number of aliphatic imine (C=N–C) groups is 1. The first-order valence-electron chi connectivity index (χ1n) is 10.6. The highest BCUT2D eigenvalue weighted by Gasteiger charge is 2.08. The van der Waals surface area contributed by atoms with E-state index in [1.807, 2.05) is 48.5 Å². The monoisotopic (exact) mass is 447 g/mol. The van der Waals surface area contributed by atoms with Crippen molar-refractivity contribution >= 4 is 23.5 Å². The van der Waals surface area contributed by atoms with Gasteiger partial charge in [0, 0.05) is 57.9 Å². The van der Waals surface area contributed by atoms with Crippen molar-refractivity contribution in [2.45, 2.75) is 19.6 Å². The Bertz CT molecular complexity index is 1090. The molecule has 0 aliphatic carbocycles. The van der Waals surface area contributed by atoms with Crippen molar-refractivity contribution in [1.82, 2.24) is 25.3 Å². The molecule has 0 bridgehead atoms. The van der Waals surface area contributed by atoms with Gasteiger partial charge in [-0.2, -0.15) is 5.10 Å². The van der Waals surface area contributed by atoms with Crippen molar-refractivity contribution in [1.29, 1.82) is 0 Å². The van der Waals surface area contributed by atoms with Gasteiger partial charge >= 0.3 is 0 Å². The van der Waals surface area contributed by atoms with E-state index in [9.17, 15) is 9.59 Å². The Morgan fingerprint density at radius 3 is 2.36 bits per heavy atom. The number of rotatable bonds is 8. The van der Waals surface area contributed by atoms with Gasteiger partial charge in [-0.15, -0.1) is 0 Å². The van der Waals surface area contributed by atoms with E-state index >= 15 is 0 Å². The van der Waals surface area contributed by atoms with Crippen LogP contribution >= 0.6 is 0 Å². The van der Waals surface area contributed by atoms with Crippen molar-refractivity contribution in [3.8, 4) is 0 Å². The lowest BCUT2D eigenvalue weighted by atomic mass is 10.1. The van der Waals surface area contributed by atoms with Gasteiger partial charge in [0.05, 0.1) is 0 Å². The van der Waals surface area contributed by atoms with Gasteiger partial charge in [0.15, 0.2) is 5.96 Å². The van der Waals surface area contributed by atoms with Crippen LogP contribution in [-0.4, -0.2) is 53.6 Å². The van der Waals surface area contributed by atoms with Crippen molar-refractivity contribution in [3.63, 3.8) is 0 Å². The summed E-state index contributed by atoms with van der Waals surface area (Å²) in [5, 5.41) is 13.5. The fourth-order valence-corrected chi connectivity index (χ4v) is 3.12. The number of hydrogen-bond acceptors (Lipinski definition) is 4. The Labute approximate surface area is 193 Å². The molecular weight excluding hydrogens is 418 g/mol. The number of nitrogens with one attached hydrogen (secondary N) is 3. The van der Waals surface area contributed by atoms with Crippen molar-refractivity contribution < 1.29 is 9.59 Å². The lowest BCUT2D eigenvalue weighted by molar-refractivity contribution is -0.116. The van der Waals surface area contributed by atoms with Crippen LogP contribution in [0, 0.1) is 0 Å². The molecule has 3 N–H and O–H groups in total. The van der Waals surface area contributed by atoms with E-state index in [1.165, 1.54) is 0 Å². The summed E-state index contributed by atoms with van der Waals surface area (Å²) >= 11 is 0. The topological polar surface area (TPSA) is 104 Å². The van der Waals surface area contributed by atoms with Crippen LogP contribution in [0.5, 0.6) is 0 Å². The van der Waals surface area contributed by atoms with E-state index in [0.717, 1.165) is 16.8 Å². The lowest BCUT2D eigenvalue weighted by Crippen LogP contribution is -2.36. The van der Waals surface area contributed by atoms with Gasteiger partial charge < -0.3 is 20.9 Å². The molecule has 9 heteroatoms. The number of guanidine groups is 1. The van der Waals surface area contributed by atoms with Crippen LogP contribution in [0.4, 0.5) is 5.69 Å². The first-order valence-corrected chi connectivity index (χ1v) is 10.6. The second kappa shape index (κ2) is 11.5. The second-order valence-electron chi connectivity index (χ2n) is 7.63. The molecule has 3 rings (SSSR count). The highest BCUT2D eigenvalue weighted by Crippen LogP contribution is 2.11. The predicted molar refractivity (Wildman–Crippen MR) is 129 cm³/mol. The Morgan fingerprint density at radius 2 is 1.73 bits per heavy atom. The Hall–Kier alpha value is -4.14. The standard InChI is InChI=1S/C24H29N7O2/c1-25-24(26-15-18-8-10-20(11-9-18)23(33)30(2)3)27-16-19-6-4-7-21(14-19)29-22(32)17-31-13-5-12-28-31/h4-14H,15-17H2,1-3H3,(H,29,32)(H2,25,26,27). The molecule has 0 radical (unpaired) electrons. The first-order chi connectivity index (χ1) is 15.9. The zero-order valence-corrected chi connectivity index (χ0v) is 19.1. The normalized spacial score (nSPS) is 11.1. The maximum Gasteiger partial charge on any atom is 0.253 e. The maximum atomic E-state index is 12.2. The summed E-state index contributed by atoms with van der Waals surface area (Å²) in [7, 11) is 5.18. The van der Waals surface area contributed by atoms with Crippen molar-refractivity contribution in [2.75, 3.05) is 26.5 Å². The molecule has 0 atom stereocenters. The molecule has 2 aromatic carbocycles. The molecular formula is C24H29N7O2. The Kier molecular flexibility index (Phi) is 8.18. The zero-order valence-electron chi connectivity index (χ0n) is 19.1. The van der Waals surface area contributed by atoms with E-state index in [0.29, 0.717) is 24.6 Å². The minimum atomic E-state index is -0.139. The third kappa shape index (κ3) is 7.20. The van der Waals surface area contributed by atoms with Gasteiger partial charge in [-0.05, 0) is 41.5 Å². The van der Waals surface area contributed by atoms with Crippen molar-refractivity contribution in [3.05, 3.63) is 83.7 Å². The third-order valence-corrected chi connectivity index (χ3v) is 4.83. The number of anilines is 1. The Morgan fingerprint density at radius 1 is 1.00 bits per heavy atom. The van der Waals surface area contributed by atoms with E-state index in [1.54, 1.807) is 49.2 Å². The third-order valence-electron chi connectivity index (χ3n) is 4.83. The number of benzene rings is 2. The molecule has 172 valence electrons. The average Bonchev–Trinajstić information content (AvgIpc) is 3.32. The average molecular weight is 448 g/mol. The fourth-order valence-electron chi connectivity index (χ4n) is 3.12. The summed E-state index contributed by atoms with van der Waals surface area (Å²) in [4.78, 5) is 30.0. The molecule has 0 saturated heterocycles. The Balaban J connectivity index is 1.48. The molecule has 0 unspecified atom stereocenters. The van der Waals surface area contributed by atoms with Gasteiger partial charge in [-0.25, -0.2) is 0 Å². The zero-order chi connectivity index (χ0) is 23.6. The minimum Gasteiger partial charge on any atom is -0.352 e. The minimum absolute atomic E-state index is 0.0215. The van der Waals surface area contributed by atoms with Gasteiger partial charge in [-0.3, -0.25) is 19.3 Å². The van der Waals surface area contributed by atoms with Gasteiger partial charge in [0.25, 0.3) is 5.91 Å². The number of aromatic nitrogens is 2. The number of carbonyl (C=O) groups is 2. The molecule has 0 aliphatic heterocycles. The fraction of sp³-hybridized carbons (Fsp3) is 0.250. The van der Waals surface area contributed by atoms with Crippen molar-refractivity contribution in [2.24, 2.45) is 4.99 Å². The number of amides is 2. The maximum absolute atomic E-state index is 12.2. The largest absolute Gasteiger partial charge is 0.352 e. The smallest absolute Gasteiger partial charge is 0.253 e. The SMILES string of the molecule is CN=C(NCc1ccc(C(=O)N(C)C)cc1)NCc1cccc(NC(=O)Cn2cccn2)c1. The van der Waals surface area contributed by atoms with E-state index in [2.05, 4.69) is 26.0 Å². The van der Waals surface area contributed by atoms with Crippen LogP contribution in [-0.2, 0) is 24.4 Å². The molecule has 0 saturated carbocycles. The van der Waals surface area contributed by atoms with E-state index < -0.39 is 0 Å². The summed E-state index contributed by atoms with van der Waals surface area (Å²) in [5.74, 6) is 0.489. The van der Waals surface area contributed by atoms with Crippen LogP contribution in [0.25, 0.3) is 0 Å². The molecule has 2 amide bonds. The number of hydrogen-bond donors (Lipinski definition) is 3. The second-order valence-corrected chi connectivity index (χ2v) is 7.63. The summed E-state index contributed by atoms with van der Waals surface area (Å²) in [6.07, 6.45) is 3.39. The molecule has 0 aliphatic rings. The molecule has 3 aromatic rings. The van der Waals surface area contributed by atoms with E-state index in [-0.39, 0.29) is 18.4 Å². The number of nitrogens with zero attached hydrogens (tertiary/aromatic N) is 4. The van der Waals surface area contributed by atoms with Crippen LogP contribution in [0.3, 0.4) is 0 Å². The number of carbonyl (C=O) groups excluding carboxylic acids is 2. The van der Waals surface area contributed by atoms with Crippen LogP contribution < -0.4 is 16.0 Å². The predicted octanol–water partition coefficient (Wildman–Crippen LogP) is 2.09. The van der Waals surface area contributed by atoms with Gasteiger partial charge in [0.2, 0.25) is 5.91 Å². The summed E-state index contributed by atoms with van der Waals surface area (Å²) in [6, 6.07) is 16.9. The van der Waals surface area contributed by atoms with Gasteiger partial charge in [0.1, 0.15) is 6.54 Å². The molecule has 1 aromatic heterocycles. The summed E-state index contributed by atoms with van der Waals surface area (Å²) < 4.78 is 1.57. The van der Waals surface area contributed by atoms with Crippen LogP contribution in [0.15, 0.2) is 72.0 Å². The van der Waals surface area contributed by atoms with Crippen LogP contribution in [0.2, 0.25) is 0 Å². The molecule has 1 heterocycles. The highest BCUT2D eigenvalue weighted by molar-refractivity contribution is 5.94. The summed E-state index contributed by atoms with van der Waals surface area (Å²) in [6.45, 7) is 1.27.